The van der Waals surface area contributed by atoms with E-state index in [1.807, 2.05) is 0 Å². The van der Waals surface area contributed by atoms with Crippen molar-refractivity contribution in [2.24, 2.45) is 13.0 Å². The lowest BCUT2D eigenvalue weighted by Gasteiger charge is -2.38. The molecule has 1 aliphatic carbocycles. The van der Waals surface area contributed by atoms with Gasteiger partial charge in [0.2, 0.25) is 0 Å². The lowest BCUT2D eigenvalue weighted by Crippen LogP contribution is -2.53. The summed E-state index contributed by atoms with van der Waals surface area (Å²) in [5.74, 6) is 0.0855. The zero-order chi connectivity index (χ0) is 15.6. The van der Waals surface area contributed by atoms with Crippen molar-refractivity contribution in [1.29, 1.82) is 0 Å². The van der Waals surface area contributed by atoms with Crippen LogP contribution in [0.2, 0.25) is 0 Å². The van der Waals surface area contributed by atoms with Crippen molar-refractivity contribution in [1.82, 2.24) is 9.88 Å². The lowest BCUT2D eigenvalue weighted by atomic mass is 9.77. The first-order chi connectivity index (χ1) is 9.88. The minimum absolute atomic E-state index is 0.113. The van der Waals surface area contributed by atoms with Crippen molar-refractivity contribution in [3.8, 4) is 0 Å². The van der Waals surface area contributed by atoms with E-state index in [-0.39, 0.29) is 24.0 Å². The summed E-state index contributed by atoms with van der Waals surface area (Å²) in [6.45, 7) is 2.04. The molecule has 0 unspecified atom stereocenters. The molecule has 116 valence electrons. The topological polar surface area (TPSA) is 97.4 Å². The van der Waals surface area contributed by atoms with Crippen LogP contribution in [0.4, 0.5) is 5.82 Å². The van der Waals surface area contributed by atoms with Crippen LogP contribution in [-0.2, 0) is 7.05 Å². The van der Waals surface area contributed by atoms with Gasteiger partial charge in [-0.25, -0.2) is 4.57 Å². The van der Waals surface area contributed by atoms with Gasteiger partial charge in [0.1, 0.15) is 0 Å². The van der Waals surface area contributed by atoms with Crippen LogP contribution in [0.25, 0.3) is 0 Å². The van der Waals surface area contributed by atoms with Crippen LogP contribution < -0.4 is 5.32 Å². The van der Waals surface area contributed by atoms with Crippen molar-refractivity contribution in [3.05, 3.63) is 27.9 Å². The second-order valence-electron chi connectivity index (χ2n) is 5.97. The normalized spacial score (nSPS) is 25.6. The molecule has 2 rings (SSSR count). The number of hydrogen-bond acceptors (Lipinski definition) is 4. The van der Waals surface area contributed by atoms with Gasteiger partial charge in [-0.2, -0.15) is 0 Å². The maximum absolute atomic E-state index is 12.3. The first-order valence-corrected chi connectivity index (χ1v) is 7.12. The van der Waals surface area contributed by atoms with Crippen LogP contribution in [0.3, 0.4) is 0 Å². The molecule has 1 amide bonds. The average molecular weight is 295 g/mol. The molecule has 0 saturated heterocycles. The number of nitrogens with one attached hydrogen (secondary N) is 1. The smallest absolute Gasteiger partial charge is 0.323 e. The largest absolute Gasteiger partial charge is 0.394 e. The van der Waals surface area contributed by atoms with Gasteiger partial charge in [-0.1, -0.05) is 6.92 Å². The molecule has 1 aliphatic rings. The zero-order valence-corrected chi connectivity index (χ0v) is 12.3. The predicted molar refractivity (Wildman–Crippen MR) is 77.0 cm³/mol. The van der Waals surface area contributed by atoms with E-state index < -0.39 is 10.5 Å². The number of nitrogens with zero attached hydrogens (tertiary/aromatic N) is 2. The van der Waals surface area contributed by atoms with E-state index >= 15 is 0 Å². The third-order valence-corrected chi connectivity index (χ3v) is 4.43. The van der Waals surface area contributed by atoms with Crippen LogP contribution in [0.15, 0.2) is 12.1 Å². The van der Waals surface area contributed by atoms with Crippen molar-refractivity contribution in [3.63, 3.8) is 0 Å². The fraction of sp³-hybridized carbons (Fsp3) is 0.643. The summed E-state index contributed by atoms with van der Waals surface area (Å²) in [5.41, 5.74) is -0.379. The number of rotatable bonds is 4. The fourth-order valence-electron chi connectivity index (χ4n) is 2.85. The Morgan fingerprint density at radius 3 is 2.62 bits per heavy atom. The molecule has 1 saturated carbocycles. The molecule has 0 atom stereocenters. The van der Waals surface area contributed by atoms with Crippen molar-refractivity contribution in [2.45, 2.75) is 38.1 Å². The van der Waals surface area contributed by atoms with Crippen LogP contribution in [0.5, 0.6) is 0 Å². The molecule has 0 radical (unpaired) electrons. The SMILES string of the molecule is CC1CCC(CO)(NC(=O)c2ccc([N+](=O)[O-])n2C)CC1. The first kappa shape index (κ1) is 15.5. The maximum Gasteiger partial charge on any atom is 0.323 e. The Hall–Kier alpha value is -1.89. The first-order valence-electron chi connectivity index (χ1n) is 7.12. The Morgan fingerprint density at radius 1 is 1.52 bits per heavy atom. The number of nitro groups is 1. The van der Waals surface area contributed by atoms with Crippen molar-refractivity contribution < 1.29 is 14.8 Å². The molecular formula is C14H21N3O4. The van der Waals surface area contributed by atoms with E-state index in [1.165, 1.54) is 23.7 Å². The van der Waals surface area contributed by atoms with Gasteiger partial charge in [0, 0.05) is 6.07 Å². The molecule has 1 fully saturated rings. The molecule has 2 N–H and O–H groups in total. The van der Waals surface area contributed by atoms with Gasteiger partial charge in [0.25, 0.3) is 5.91 Å². The molecule has 0 aromatic carbocycles. The second-order valence-corrected chi connectivity index (χ2v) is 5.97. The quantitative estimate of drug-likeness (QED) is 0.651. The molecule has 1 aromatic rings. The number of amides is 1. The number of aliphatic hydroxyl groups excluding tert-OH is 1. The average Bonchev–Trinajstić information content (AvgIpc) is 2.84. The van der Waals surface area contributed by atoms with Crippen LogP contribution >= 0.6 is 0 Å². The highest BCUT2D eigenvalue weighted by Gasteiger charge is 2.36. The fourth-order valence-corrected chi connectivity index (χ4v) is 2.85. The third-order valence-electron chi connectivity index (χ3n) is 4.43. The molecule has 21 heavy (non-hydrogen) atoms. The van der Waals surface area contributed by atoms with E-state index in [4.69, 9.17) is 0 Å². The summed E-state index contributed by atoms with van der Waals surface area (Å²) in [5, 5.41) is 23.4. The standard InChI is InChI=1S/C14H21N3O4/c1-10-5-7-14(9-18,8-6-10)15-13(19)11-3-4-12(16(11)2)17(20)21/h3-4,10,18H,5-9H2,1-2H3,(H,15,19). The number of hydrogen-bond donors (Lipinski definition) is 2. The maximum atomic E-state index is 12.3. The summed E-state index contributed by atoms with van der Waals surface area (Å²) in [7, 11) is 1.49. The Bertz CT molecular complexity index is 544. The molecule has 7 heteroatoms. The second kappa shape index (κ2) is 5.85. The number of aliphatic hydroxyl groups is 1. The minimum Gasteiger partial charge on any atom is -0.394 e. The summed E-state index contributed by atoms with van der Waals surface area (Å²) in [6.07, 6.45) is 3.36. The molecule has 1 aromatic heterocycles. The van der Waals surface area contributed by atoms with Crippen molar-refractivity contribution in [2.75, 3.05) is 6.61 Å². The Kier molecular flexibility index (Phi) is 4.32. The molecule has 7 nitrogen and oxygen atoms in total. The van der Waals surface area contributed by atoms with Gasteiger partial charge in [-0.3, -0.25) is 4.79 Å². The molecule has 0 bridgehead atoms. The molecule has 1 heterocycles. The Labute approximate surface area is 123 Å². The number of carbonyl (C=O) groups excluding carboxylic acids is 1. The molecule has 0 aliphatic heterocycles. The molecular weight excluding hydrogens is 274 g/mol. The predicted octanol–water partition coefficient (Wildman–Crippen LogP) is 1.60. The summed E-state index contributed by atoms with van der Waals surface area (Å²) in [6, 6.07) is 2.74. The van der Waals surface area contributed by atoms with Crippen LogP contribution in [-0.4, -0.2) is 32.6 Å². The Balaban J connectivity index is 2.15. The monoisotopic (exact) mass is 295 g/mol. The highest BCUT2D eigenvalue weighted by atomic mass is 16.6. The summed E-state index contributed by atoms with van der Waals surface area (Å²) >= 11 is 0. The molecule has 0 spiro atoms. The van der Waals surface area contributed by atoms with E-state index in [2.05, 4.69) is 12.2 Å². The van der Waals surface area contributed by atoms with Crippen LogP contribution in [0, 0.1) is 16.0 Å². The zero-order valence-electron chi connectivity index (χ0n) is 12.3. The Morgan fingerprint density at radius 2 is 2.14 bits per heavy atom. The van der Waals surface area contributed by atoms with E-state index in [0.717, 1.165) is 25.7 Å². The summed E-state index contributed by atoms with van der Waals surface area (Å²) in [4.78, 5) is 22.6. The lowest BCUT2D eigenvalue weighted by molar-refractivity contribution is -0.391. The highest BCUT2D eigenvalue weighted by molar-refractivity contribution is 5.93. The van der Waals surface area contributed by atoms with Gasteiger partial charge in [-0.05, 0) is 42.6 Å². The highest BCUT2D eigenvalue weighted by Crippen LogP contribution is 2.32. The van der Waals surface area contributed by atoms with Gasteiger partial charge in [0.15, 0.2) is 5.69 Å². The number of aromatic nitrogens is 1. The number of carbonyl (C=O) groups is 1. The van der Waals surface area contributed by atoms with Crippen LogP contribution in [0.1, 0.15) is 43.1 Å². The third kappa shape index (κ3) is 3.07. The van der Waals surface area contributed by atoms with Gasteiger partial charge in [0.05, 0.1) is 19.2 Å². The van der Waals surface area contributed by atoms with Gasteiger partial charge in [-0.15, -0.1) is 0 Å². The minimum atomic E-state index is -0.608. The van der Waals surface area contributed by atoms with Gasteiger partial charge < -0.3 is 20.5 Å². The van der Waals surface area contributed by atoms with E-state index in [0.29, 0.717) is 5.92 Å². The van der Waals surface area contributed by atoms with Crippen molar-refractivity contribution >= 4 is 11.7 Å². The van der Waals surface area contributed by atoms with E-state index in [9.17, 15) is 20.0 Å². The van der Waals surface area contributed by atoms with Gasteiger partial charge >= 0.3 is 5.82 Å². The van der Waals surface area contributed by atoms with E-state index in [1.54, 1.807) is 0 Å². The summed E-state index contributed by atoms with van der Waals surface area (Å²) < 4.78 is 1.26.